The van der Waals surface area contributed by atoms with Gasteiger partial charge in [-0.15, -0.1) is 0 Å². The van der Waals surface area contributed by atoms with Crippen molar-refractivity contribution in [1.82, 2.24) is 9.80 Å². The normalized spacial score (nSPS) is 18.7. The molecule has 1 atom stereocenters. The summed E-state index contributed by atoms with van der Waals surface area (Å²) in [7, 11) is 0. The molecule has 1 amide bonds. The third-order valence-electron chi connectivity index (χ3n) is 7.27. The quantitative estimate of drug-likeness (QED) is 0.452. The highest BCUT2D eigenvalue weighted by Crippen LogP contribution is 2.37. The number of hydrogen-bond donors (Lipinski definition) is 1. The Hall–Kier alpha value is -2.37. The number of rotatable bonds is 6. The van der Waals surface area contributed by atoms with Gasteiger partial charge in [-0.25, -0.2) is 0 Å². The van der Waals surface area contributed by atoms with E-state index in [0.29, 0.717) is 29.4 Å². The zero-order valence-electron chi connectivity index (χ0n) is 19.0. The lowest BCUT2D eigenvalue weighted by molar-refractivity contribution is -0.0271. The van der Waals surface area contributed by atoms with Gasteiger partial charge in [-0.1, -0.05) is 77.8 Å². The van der Waals surface area contributed by atoms with Crippen molar-refractivity contribution in [3.05, 3.63) is 105 Å². The second-order valence-corrected chi connectivity index (χ2v) is 10.1. The molecule has 0 saturated carbocycles. The van der Waals surface area contributed by atoms with Crippen LogP contribution in [0.15, 0.2) is 72.8 Å². The number of carbonyl (C=O) groups excluding carboxylic acids is 1. The van der Waals surface area contributed by atoms with Crippen molar-refractivity contribution in [2.45, 2.75) is 37.5 Å². The Bertz CT molecular complexity index is 1180. The molecule has 3 aromatic rings. The average molecular weight is 495 g/mol. The first-order valence-corrected chi connectivity index (χ1v) is 12.5. The van der Waals surface area contributed by atoms with Crippen molar-refractivity contribution in [3.8, 4) is 0 Å². The van der Waals surface area contributed by atoms with E-state index < -0.39 is 5.60 Å². The lowest BCUT2D eigenvalue weighted by Crippen LogP contribution is -2.43. The van der Waals surface area contributed by atoms with E-state index in [2.05, 4.69) is 4.90 Å². The maximum absolute atomic E-state index is 13.3. The molecule has 1 fully saturated rings. The van der Waals surface area contributed by atoms with Gasteiger partial charge in [-0.2, -0.15) is 0 Å². The van der Waals surface area contributed by atoms with E-state index >= 15 is 0 Å². The van der Waals surface area contributed by atoms with Crippen LogP contribution in [0.3, 0.4) is 0 Å². The second kappa shape index (κ2) is 9.71. The fourth-order valence-electron chi connectivity index (χ4n) is 5.24. The Morgan fingerprint density at radius 2 is 1.62 bits per heavy atom. The number of hydrogen-bond acceptors (Lipinski definition) is 3. The number of benzene rings is 3. The smallest absolute Gasteiger partial charge is 0.255 e. The van der Waals surface area contributed by atoms with E-state index in [1.54, 1.807) is 6.07 Å². The van der Waals surface area contributed by atoms with Gasteiger partial charge in [0.25, 0.3) is 5.91 Å². The van der Waals surface area contributed by atoms with Crippen LogP contribution in [0, 0.1) is 0 Å². The van der Waals surface area contributed by atoms with Gasteiger partial charge in [-0.3, -0.25) is 4.79 Å². The van der Waals surface area contributed by atoms with E-state index in [0.717, 1.165) is 48.3 Å². The molecule has 1 unspecified atom stereocenters. The molecule has 0 aromatic heterocycles. The number of fused-ring (bicyclic) bond motifs is 1. The van der Waals surface area contributed by atoms with Crippen molar-refractivity contribution in [1.29, 1.82) is 0 Å². The van der Waals surface area contributed by atoms with E-state index in [4.69, 9.17) is 23.2 Å². The molecule has 0 radical (unpaired) electrons. The summed E-state index contributed by atoms with van der Waals surface area (Å²) in [5, 5.41) is 12.2. The monoisotopic (exact) mass is 494 g/mol. The van der Waals surface area contributed by atoms with Crippen LogP contribution in [-0.2, 0) is 12.1 Å². The number of amides is 1. The summed E-state index contributed by atoms with van der Waals surface area (Å²) >= 11 is 12.5. The molecule has 2 aliphatic heterocycles. The van der Waals surface area contributed by atoms with Crippen LogP contribution in [0.1, 0.15) is 52.4 Å². The summed E-state index contributed by atoms with van der Waals surface area (Å²) in [6.45, 7) is 3.05. The standard InChI is InChI=1S/C28H28Cl2N2O2/c29-24-11-10-20(18-25(24)30)26(32-19-21-6-4-5-9-23(21)27(32)33)12-15-31-16-13-28(34,14-17-31)22-7-2-1-3-8-22/h1-11,18,26,34H,12-17,19H2. The zero-order valence-corrected chi connectivity index (χ0v) is 20.5. The molecular weight excluding hydrogens is 467 g/mol. The summed E-state index contributed by atoms with van der Waals surface area (Å²) in [5.74, 6) is 0.0590. The number of nitrogens with zero attached hydrogens (tertiary/aromatic N) is 2. The Balaban J connectivity index is 1.31. The molecule has 34 heavy (non-hydrogen) atoms. The fraction of sp³-hybridized carbons (Fsp3) is 0.321. The van der Waals surface area contributed by atoms with E-state index in [1.165, 1.54) is 0 Å². The van der Waals surface area contributed by atoms with E-state index in [1.807, 2.05) is 71.6 Å². The molecule has 0 bridgehead atoms. The van der Waals surface area contributed by atoms with Crippen molar-refractivity contribution in [2.75, 3.05) is 19.6 Å². The van der Waals surface area contributed by atoms with Gasteiger partial charge in [0, 0.05) is 31.7 Å². The highest BCUT2D eigenvalue weighted by atomic mass is 35.5. The molecule has 1 saturated heterocycles. The van der Waals surface area contributed by atoms with Gasteiger partial charge >= 0.3 is 0 Å². The minimum atomic E-state index is -0.770. The lowest BCUT2D eigenvalue weighted by atomic mass is 9.84. The topological polar surface area (TPSA) is 43.8 Å². The second-order valence-electron chi connectivity index (χ2n) is 9.31. The van der Waals surface area contributed by atoms with E-state index in [9.17, 15) is 9.90 Å². The summed E-state index contributed by atoms with van der Waals surface area (Å²) < 4.78 is 0. The maximum atomic E-state index is 13.3. The van der Waals surface area contributed by atoms with Gasteiger partial charge in [0.2, 0.25) is 0 Å². The molecule has 6 heteroatoms. The molecule has 176 valence electrons. The fourth-order valence-corrected chi connectivity index (χ4v) is 5.55. The van der Waals surface area contributed by atoms with Crippen molar-refractivity contribution in [2.24, 2.45) is 0 Å². The van der Waals surface area contributed by atoms with Crippen LogP contribution >= 0.6 is 23.2 Å². The first kappa shape index (κ1) is 23.4. The SMILES string of the molecule is O=C1c2ccccc2CN1C(CCN1CCC(O)(c2ccccc2)CC1)c1ccc(Cl)c(Cl)c1. The van der Waals surface area contributed by atoms with Crippen LogP contribution in [0.2, 0.25) is 10.0 Å². The van der Waals surface area contributed by atoms with Crippen molar-refractivity contribution < 1.29 is 9.90 Å². The Morgan fingerprint density at radius 1 is 0.912 bits per heavy atom. The summed E-state index contributed by atoms with van der Waals surface area (Å²) in [6, 6.07) is 23.3. The van der Waals surface area contributed by atoms with Gasteiger partial charge in [0.1, 0.15) is 0 Å². The molecule has 4 nitrogen and oxygen atoms in total. The third kappa shape index (κ3) is 4.60. The van der Waals surface area contributed by atoms with Crippen LogP contribution in [0.5, 0.6) is 0 Å². The lowest BCUT2D eigenvalue weighted by Gasteiger charge is -2.39. The number of halogens is 2. The molecule has 0 spiro atoms. The largest absolute Gasteiger partial charge is 0.385 e. The van der Waals surface area contributed by atoms with Gasteiger partial charge in [0.05, 0.1) is 21.7 Å². The molecule has 3 aromatic carbocycles. The minimum Gasteiger partial charge on any atom is -0.385 e. The van der Waals surface area contributed by atoms with E-state index in [-0.39, 0.29) is 11.9 Å². The van der Waals surface area contributed by atoms with Crippen LogP contribution in [0.25, 0.3) is 0 Å². The minimum absolute atomic E-state index is 0.0590. The number of aliphatic hydroxyl groups is 1. The zero-order chi connectivity index (χ0) is 23.7. The molecular formula is C28H28Cl2N2O2. The first-order valence-electron chi connectivity index (χ1n) is 11.8. The number of likely N-dealkylation sites (tertiary alicyclic amines) is 1. The Kier molecular flexibility index (Phi) is 6.67. The highest BCUT2D eigenvalue weighted by Gasteiger charge is 2.36. The number of piperidine rings is 1. The van der Waals surface area contributed by atoms with Crippen LogP contribution < -0.4 is 0 Å². The maximum Gasteiger partial charge on any atom is 0.255 e. The molecule has 2 heterocycles. The van der Waals surface area contributed by atoms with Gasteiger partial charge in [0.15, 0.2) is 0 Å². The Morgan fingerprint density at radius 3 is 2.32 bits per heavy atom. The summed E-state index contributed by atoms with van der Waals surface area (Å²) in [4.78, 5) is 17.6. The first-order chi connectivity index (χ1) is 16.4. The summed E-state index contributed by atoms with van der Waals surface area (Å²) in [5.41, 5.74) is 3.05. The number of carbonyl (C=O) groups is 1. The molecule has 1 N–H and O–H groups in total. The third-order valence-corrected chi connectivity index (χ3v) is 8.01. The summed E-state index contributed by atoms with van der Waals surface area (Å²) in [6.07, 6.45) is 2.17. The Labute approximate surface area is 210 Å². The highest BCUT2D eigenvalue weighted by molar-refractivity contribution is 6.42. The molecule has 5 rings (SSSR count). The molecule has 0 aliphatic carbocycles. The van der Waals surface area contributed by atoms with Crippen LogP contribution in [-0.4, -0.2) is 40.4 Å². The van der Waals surface area contributed by atoms with Crippen LogP contribution in [0.4, 0.5) is 0 Å². The predicted molar refractivity (Wildman–Crippen MR) is 136 cm³/mol. The van der Waals surface area contributed by atoms with Gasteiger partial charge < -0.3 is 14.9 Å². The predicted octanol–water partition coefficient (Wildman–Crippen LogP) is 6.06. The van der Waals surface area contributed by atoms with Crippen molar-refractivity contribution in [3.63, 3.8) is 0 Å². The average Bonchev–Trinajstić information content (AvgIpc) is 3.19. The van der Waals surface area contributed by atoms with Crippen molar-refractivity contribution >= 4 is 29.1 Å². The molecule has 2 aliphatic rings. The van der Waals surface area contributed by atoms with Gasteiger partial charge in [-0.05, 0) is 54.2 Å².